The van der Waals surface area contributed by atoms with Crippen LogP contribution in [0.4, 0.5) is 33.2 Å². The molecule has 5 N–H and O–H groups in total. The molecule has 0 radical (unpaired) electrons. The summed E-state index contributed by atoms with van der Waals surface area (Å²) < 4.78 is 0. The lowest BCUT2D eigenvalue weighted by Gasteiger charge is -2.12. The van der Waals surface area contributed by atoms with E-state index >= 15 is 0 Å². The average molecular weight is 464 g/mol. The molecule has 35 heavy (non-hydrogen) atoms. The van der Waals surface area contributed by atoms with Gasteiger partial charge in [0.25, 0.3) is 5.91 Å². The third-order valence-electron chi connectivity index (χ3n) is 5.73. The largest absolute Gasteiger partial charge is 0.362 e. The molecule has 0 fully saturated rings. The number of carbonyl (C=O) groups excluding carboxylic acids is 2. The molecule has 7 heteroatoms. The van der Waals surface area contributed by atoms with Crippen molar-refractivity contribution in [3.8, 4) is 0 Å². The van der Waals surface area contributed by atoms with Crippen LogP contribution in [-0.4, -0.2) is 16.9 Å². The minimum atomic E-state index is -0.308. The number of aryl methyl sites for hydroxylation is 1. The van der Waals surface area contributed by atoms with Crippen LogP contribution in [0.15, 0.2) is 85.1 Å². The molecule has 0 spiro atoms. The molecule has 4 aromatic rings. The summed E-state index contributed by atoms with van der Waals surface area (Å²) in [7, 11) is 0. The maximum Gasteiger partial charge on any atom is 0.323 e. The molecule has 3 aromatic carbocycles. The maximum absolute atomic E-state index is 12.5. The van der Waals surface area contributed by atoms with Gasteiger partial charge in [-0.05, 0) is 72.7 Å². The third kappa shape index (κ3) is 5.09. The van der Waals surface area contributed by atoms with Crippen molar-refractivity contribution >= 4 is 52.0 Å². The second-order valence-electron chi connectivity index (χ2n) is 8.24. The Hall–Kier alpha value is -4.78. The Kier molecular flexibility index (Phi) is 6.05. The molecule has 174 valence electrons. The van der Waals surface area contributed by atoms with Crippen LogP contribution in [-0.2, 0) is 11.2 Å². The third-order valence-corrected chi connectivity index (χ3v) is 5.73. The van der Waals surface area contributed by atoms with E-state index in [1.54, 1.807) is 0 Å². The van der Waals surface area contributed by atoms with Crippen LogP contribution >= 0.6 is 0 Å². The lowest BCUT2D eigenvalue weighted by atomic mass is 10.1. The van der Waals surface area contributed by atoms with E-state index < -0.39 is 0 Å². The van der Waals surface area contributed by atoms with Crippen molar-refractivity contribution in [1.82, 2.24) is 4.98 Å². The number of rotatable bonds is 6. The van der Waals surface area contributed by atoms with Crippen molar-refractivity contribution in [2.45, 2.75) is 13.3 Å². The number of nitrogens with one attached hydrogen (secondary N) is 5. The van der Waals surface area contributed by atoms with E-state index in [4.69, 9.17) is 0 Å². The van der Waals surface area contributed by atoms with Gasteiger partial charge in [-0.15, -0.1) is 0 Å². The van der Waals surface area contributed by atoms with Crippen molar-refractivity contribution < 1.29 is 9.59 Å². The number of H-pyrrole nitrogens is 1. The van der Waals surface area contributed by atoms with E-state index in [-0.39, 0.29) is 11.9 Å². The molecular formula is C28H25N5O2. The van der Waals surface area contributed by atoms with Gasteiger partial charge in [0, 0.05) is 40.2 Å². The molecular weight excluding hydrogens is 438 g/mol. The quantitative estimate of drug-likeness (QED) is 0.212. The predicted molar refractivity (Wildman–Crippen MR) is 142 cm³/mol. The van der Waals surface area contributed by atoms with Gasteiger partial charge < -0.3 is 26.3 Å². The SMILES string of the molecule is CCc1cccc(NC(=O)Nc2cccc(Nc3ccc4c(c3)NC(=O)/C4=C\c3ccc[nH]3)c2)c1. The highest BCUT2D eigenvalue weighted by atomic mass is 16.2. The Morgan fingerprint density at radius 3 is 2.37 bits per heavy atom. The van der Waals surface area contributed by atoms with Crippen molar-refractivity contribution in [2.24, 2.45) is 0 Å². The smallest absolute Gasteiger partial charge is 0.323 e. The zero-order chi connectivity index (χ0) is 24.2. The fraction of sp³-hybridized carbons (Fsp3) is 0.0714. The Labute approximate surface area is 203 Å². The van der Waals surface area contributed by atoms with Gasteiger partial charge in [0.2, 0.25) is 0 Å². The maximum atomic E-state index is 12.5. The minimum Gasteiger partial charge on any atom is -0.362 e. The van der Waals surface area contributed by atoms with Crippen molar-refractivity contribution in [2.75, 3.05) is 21.3 Å². The Morgan fingerprint density at radius 1 is 0.857 bits per heavy atom. The molecule has 1 aromatic heterocycles. The van der Waals surface area contributed by atoms with Gasteiger partial charge >= 0.3 is 6.03 Å². The summed E-state index contributed by atoms with van der Waals surface area (Å²) in [4.78, 5) is 28.0. The van der Waals surface area contributed by atoms with Crippen LogP contribution in [0.5, 0.6) is 0 Å². The zero-order valence-corrected chi connectivity index (χ0v) is 19.2. The highest BCUT2D eigenvalue weighted by Crippen LogP contribution is 2.35. The second-order valence-corrected chi connectivity index (χ2v) is 8.24. The lowest BCUT2D eigenvalue weighted by Crippen LogP contribution is -2.19. The number of anilines is 5. The van der Waals surface area contributed by atoms with Crippen LogP contribution in [0, 0.1) is 0 Å². The van der Waals surface area contributed by atoms with Gasteiger partial charge in [-0.25, -0.2) is 4.79 Å². The van der Waals surface area contributed by atoms with E-state index in [1.807, 2.05) is 91.1 Å². The molecule has 0 aliphatic carbocycles. The molecule has 7 nitrogen and oxygen atoms in total. The number of hydrogen-bond acceptors (Lipinski definition) is 3. The van der Waals surface area contributed by atoms with Crippen molar-refractivity contribution in [3.05, 3.63) is 102 Å². The van der Waals surface area contributed by atoms with E-state index in [0.717, 1.165) is 46.0 Å². The van der Waals surface area contributed by atoms with Crippen molar-refractivity contribution in [1.29, 1.82) is 0 Å². The minimum absolute atomic E-state index is 0.131. The fourth-order valence-electron chi connectivity index (χ4n) is 4.01. The Balaban J connectivity index is 1.27. The van der Waals surface area contributed by atoms with Gasteiger partial charge in [0.15, 0.2) is 0 Å². The molecule has 0 bridgehead atoms. The number of benzene rings is 3. The molecule has 1 aliphatic heterocycles. The fourth-order valence-corrected chi connectivity index (χ4v) is 4.01. The normalized spacial score (nSPS) is 13.3. The number of carbonyl (C=O) groups is 2. The van der Waals surface area contributed by atoms with Crippen LogP contribution in [0.2, 0.25) is 0 Å². The van der Waals surface area contributed by atoms with Gasteiger partial charge in [-0.2, -0.15) is 0 Å². The van der Waals surface area contributed by atoms with Gasteiger partial charge in [-0.1, -0.05) is 31.2 Å². The van der Waals surface area contributed by atoms with E-state index in [2.05, 4.69) is 33.2 Å². The van der Waals surface area contributed by atoms with Crippen molar-refractivity contribution in [3.63, 3.8) is 0 Å². The van der Waals surface area contributed by atoms with E-state index in [9.17, 15) is 9.59 Å². The first-order valence-corrected chi connectivity index (χ1v) is 11.4. The number of urea groups is 1. The number of fused-ring (bicyclic) bond motifs is 1. The average Bonchev–Trinajstić information content (AvgIpc) is 3.47. The lowest BCUT2D eigenvalue weighted by molar-refractivity contribution is -0.110. The van der Waals surface area contributed by atoms with Crippen LogP contribution in [0.25, 0.3) is 11.6 Å². The first kappa shape index (κ1) is 22.0. The zero-order valence-electron chi connectivity index (χ0n) is 19.2. The molecule has 2 heterocycles. The summed E-state index contributed by atoms with van der Waals surface area (Å²) in [6.07, 6.45) is 4.57. The van der Waals surface area contributed by atoms with Crippen LogP contribution < -0.4 is 21.3 Å². The number of hydrogen-bond donors (Lipinski definition) is 5. The predicted octanol–water partition coefficient (Wildman–Crippen LogP) is 6.46. The van der Waals surface area contributed by atoms with Crippen LogP contribution in [0.3, 0.4) is 0 Å². The molecule has 0 saturated carbocycles. The monoisotopic (exact) mass is 463 g/mol. The molecule has 3 amide bonds. The number of aromatic nitrogens is 1. The summed E-state index contributed by atoms with van der Waals surface area (Å²) in [5.41, 5.74) is 7.30. The molecule has 0 unspecified atom stereocenters. The topological polar surface area (TPSA) is 98.0 Å². The van der Waals surface area contributed by atoms with Gasteiger partial charge in [0.1, 0.15) is 0 Å². The highest BCUT2D eigenvalue weighted by Gasteiger charge is 2.24. The summed E-state index contributed by atoms with van der Waals surface area (Å²) in [6.45, 7) is 2.08. The summed E-state index contributed by atoms with van der Waals surface area (Å²) >= 11 is 0. The molecule has 1 aliphatic rings. The molecule has 0 saturated heterocycles. The standard InChI is InChI=1S/C28H25N5O2/c1-2-18-6-3-7-20(14-18)31-28(35)32-22-9-4-8-21(15-22)30-23-11-12-24-25(16-19-10-5-13-29-19)27(34)33-26(24)17-23/h3-17,29-30H,2H2,1H3,(H,33,34)(H2,31,32,35)/b25-16-. The summed E-state index contributed by atoms with van der Waals surface area (Å²) in [6, 6.07) is 24.5. The highest BCUT2D eigenvalue weighted by molar-refractivity contribution is 6.35. The van der Waals surface area contributed by atoms with E-state index in [0.29, 0.717) is 11.3 Å². The number of aromatic amines is 1. The summed E-state index contributed by atoms with van der Waals surface area (Å²) in [5.74, 6) is -0.131. The van der Waals surface area contributed by atoms with Crippen LogP contribution in [0.1, 0.15) is 23.7 Å². The second kappa shape index (κ2) is 9.61. The first-order chi connectivity index (χ1) is 17.1. The Morgan fingerprint density at radius 2 is 1.60 bits per heavy atom. The molecule has 0 atom stereocenters. The van der Waals surface area contributed by atoms with Gasteiger partial charge in [-0.3, -0.25) is 4.79 Å². The molecule has 5 rings (SSSR count). The van der Waals surface area contributed by atoms with E-state index in [1.165, 1.54) is 0 Å². The Bertz CT molecular complexity index is 1420. The number of amides is 3. The van der Waals surface area contributed by atoms with Gasteiger partial charge in [0.05, 0.1) is 11.3 Å². The first-order valence-electron chi connectivity index (χ1n) is 11.4. The summed E-state index contributed by atoms with van der Waals surface area (Å²) in [5, 5.41) is 12.0.